The summed E-state index contributed by atoms with van der Waals surface area (Å²) in [4.78, 5) is 45.2. The first-order chi connectivity index (χ1) is 23.4. The predicted molar refractivity (Wildman–Crippen MR) is 196 cm³/mol. The van der Waals surface area contributed by atoms with Crippen molar-refractivity contribution in [2.24, 2.45) is 11.3 Å². The largest absolute Gasteiger partial charge is 0.507 e. The molecule has 0 unspecified atom stereocenters. The molecule has 0 bridgehead atoms. The Morgan fingerprint density at radius 2 is 1.57 bits per heavy atom. The summed E-state index contributed by atoms with van der Waals surface area (Å²) in [5.74, 6) is 0.465. The SMILES string of the molecule is COC(=O)N1CCC(N2CCc3ccccc3NC2=O)CC1.C[C@H](Cc1ccc(O)c(Br)c1)C(=O)N1CCC(N2CCC(C)(C)CC2)CC1. The second-order valence-corrected chi connectivity index (χ2v) is 15.7. The van der Waals surface area contributed by atoms with Gasteiger partial charge in [0.15, 0.2) is 0 Å². The van der Waals surface area contributed by atoms with E-state index in [1.54, 1.807) is 11.0 Å². The number of likely N-dealkylation sites (tertiary alicyclic amines) is 3. The van der Waals surface area contributed by atoms with E-state index in [1.807, 2.05) is 42.2 Å². The third-order valence-corrected chi connectivity index (χ3v) is 11.5. The molecule has 2 aromatic carbocycles. The first-order valence-corrected chi connectivity index (χ1v) is 18.7. The van der Waals surface area contributed by atoms with Crippen molar-refractivity contribution in [2.75, 3.05) is 58.2 Å². The van der Waals surface area contributed by atoms with Crippen LogP contribution in [0.3, 0.4) is 0 Å². The number of carbonyl (C=O) groups is 3. The number of hydrogen-bond acceptors (Lipinski definition) is 6. The number of phenolic OH excluding ortho intramolecular Hbond substituents is 1. The average molecular weight is 741 g/mol. The number of para-hydroxylation sites is 1. The molecule has 4 aliphatic rings. The normalized spacial score (nSPS) is 21.1. The Balaban J connectivity index is 0.000000195. The van der Waals surface area contributed by atoms with Gasteiger partial charge >= 0.3 is 12.1 Å². The fourth-order valence-electron chi connectivity index (χ4n) is 7.60. The average Bonchev–Trinajstić information content (AvgIpc) is 3.27. The van der Waals surface area contributed by atoms with Crippen molar-refractivity contribution in [3.8, 4) is 5.75 Å². The highest BCUT2D eigenvalue weighted by molar-refractivity contribution is 9.10. The van der Waals surface area contributed by atoms with Crippen LogP contribution in [0, 0.1) is 11.3 Å². The molecule has 3 fully saturated rings. The van der Waals surface area contributed by atoms with Gasteiger partial charge in [0.25, 0.3) is 0 Å². The summed E-state index contributed by atoms with van der Waals surface area (Å²) in [6.45, 7) is 12.9. The van der Waals surface area contributed by atoms with E-state index in [2.05, 4.69) is 51.0 Å². The maximum Gasteiger partial charge on any atom is 0.409 e. The zero-order valence-electron chi connectivity index (χ0n) is 29.6. The van der Waals surface area contributed by atoms with E-state index < -0.39 is 0 Å². The molecular formula is C38H54BrN5O5. The van der Waals surface area contributed by atoms with Crippen molar-refractivity contribution in [3.63, 3.8) is 0 Å². The standard InChI is InChI=1S/C22H33BrN2O2.C16H21N3O3/c1-16(14-17-4-5-20(26)19(23)15-17)21(27)25-10-6-18(7-11-25)24-12-8-22(2,3)9-13-24;1-22-16(21)18-9-7-13(8-10-18)19-11-6-12-4-2-3-5-14(12)17-15(19)20/h4-5,15-16,18,26H,6-14H2,1-3H3;2-5,13H,6-11H2,1H3,(H,17,20)/t16-;/m1./s1. The number of ether oxygens (including phenoxy) is 1. The van der Waals surface area contributed by atoms with Crippen LogP contribution < -0.4 is 5.32 Å². The highest BCUT2D eigenvalue weighted by Gasteiger charge is 2.34. The number of halogens is 1. The van der Waals surface area contributed by atoms with Gasteiger partial charge in [0, 0.05) is 56.4 Å². The Labute approximate surface area is 300 Å². The number of urea groups is 1. The number of hydrogen-bond donors (Lipinski definition) is 2. The number of nitrogens with one attached hydrogen (secondary N) is 1. The lowest BCUT2D eigenvalue weighted by Gasteiger charge is -2.44. The first-order valence-electron chi connectivity index (χ1n) is 17.9. The van der Waals surface area contributed by atoms with Gasteiger partial charge in [-0.15, -0.1) is 0 Å². The van der Waals surface area contributed by atoms with Crippen molar-refractivity contribution in [3.05, 3.63) is 58.1 Å². The smallest absolute Gasteiger partial charge is 0.409 e. The highest BCUT2D eigenvalue weighted by Crippen LogP contribution is 2.33. The summed E-state index contributed by atoms with van der Waals surface area (Å²) in [5, 5.41) is 12.6. The van der Waals surface area contributed by atoms with Gasteiger partial charge in [0.1, 0.15) is 5.75 Å². The minimum Gasteiger partial charge on any atom is -0.507 e. The van der Waals surface area contributed by atoms with E-state index in [9.17, 15) is 19.5 Å². The zero-order chi connectivity index (χ0) is 35.1. The molecule has 6 rings (SSSR count). The third kappa shape index (κ3) is 9.69. The predicted octanol–water partition coefficient (Wildman–Crippen LogP) is 6.75. The molecule has 0 aliphatic carbocycles. The Hall–Kier alpha value is -3.31. The number of aromatic hydroxyl groups is 1. The summed E-state index contributed by atoms with van der Waals surface area (Å²) in [7, 11) is 1.40. The van der Waals surface area contributed by atoms with Crippen LogP contribution in [-0.2, 0) is 22.4 Å². The quantitative estimate of drug-likeness (QED) is 0.352. The Morgan fingerprint density at radius 1 is 0.939 bits per heavy atom. The molecule has 4 aliphatic heterocycles. The summed E-state index contributed by atoms with van der Waals surface area (Å²) < 4.78 is 5.43. The zero-order valence-corrected chi connectivity index (χ0v) is 31.2. The lowest BCUT2D eigenvalue weighted by molar-refractivity contribution is -0.136. The Kier molecular flexibility index (Phi) is 12.5. The van der Waals surface area contributed by atoms with Crippen LogP contribution in [0.1, 0.15) is 70.4 Å². The molecule has 4 heterocycles. The molecule has 2 N–H and O–H groups in total. The maximum atomic E-state index is 12.9. The third-order valence-electron chi connectivity index (χ3n) is 10.9. The summed E-state index contributed by atoms with van der Waals surface area (Å²) in [6.07, 6.45) is 7.62. The summed E-state index contributed by atoms with van der Waals surface area (Å²) >= 11 is 3.35. The van der Waals surface area contributed by atoms with E-state index >= 15 is 0 Å². The molecule has 0 aromatic heterocycles. The Bertz CT molecular complexity index is 1440. The van der Waals surface area contributed by atoms with Gasteiger partial charge in [-0.25, -0.2) is 9.59 Å². The van der Waals surface area contributed by atoms with Gasteiger partial charge in [-0.3, -0.25) is 4.79 Å². The van der Waals surface area contributed by atoms with Crippen LogP contribution in [0.25, 0.3) is 0 Å². The molecule has 3 saturated heterocycles. The number of rotatable bonds is 5. The van der Waals surface area contributed by atoms with Crippen molar-refractivity contribution >= 4 is 39.6 Å². The summed E-state index contributed by atoms with van der Waals surface area (Å²) in [6, 6.07) is 14.2. The van der Waals surface area contributed by atoms with Crippen LogP contribution in [0.15, 0.2) is 46.9 Å². The molecule has 4 amide bonds. The number of benzene rings is 2. The minimum absolute atomic E-state index is 0.0335. The van der Waals surface area contributed by atoms with Gasteiger partial charge < -0.3 is 34.8 Å². The summed E-state index contributed by atoms with van der Waals surface area (Å²) in [5.41, 5.74) is 3.64. The lowest BCUT2D eigenvalue weighted by Crippen LogP contribution is -2.50. The van der Waals surface area contributed by atoms with E-state index in [0.717, 1.165) is 56.4 Å². The molecule has 2 aromatic rings. The highest BCUT2D eigenvalue weighted by atomic mass is 79.9. The second kappa shape index (κ2) is 16.6. The van der Waals surface area contributed by atoms with Crippen molar-refractivity contribution in [2.45, 2.75) is 84.2 Å². The molecular weight excluding hydrogens is 686 g/mol. The molecule has 10 nitrogen and oxygen atoms in total. The van der Waals surface area contributed by atoms with Crippen LogP contribution in [0.2, 0.25) is 0 Å². The van der Waals surface area contributed by atoms with Gasteiger partial charge in [0.2, 0.25) is 5.91 Å². The van der Waals surface area contributed by atoms with Gasteiger partial charge in [0.05, 0.1) is 11.6 Å². The second-order valence-electron chi connectivity index (χ2n) is 14.9. The molecule has 0 spiro atoms. The number of phenols is 1. The number of anilines is 1. The Morgan fingerprint density at radius 3 is 2.22 bits per heavy atom. The molecule has 1 atom stereocenters. The number of fused-ring (bicyclic) bond motifs is 1. The number of amides is 4. The topological polar surface area (TPSA) is 106 Å². The first kappa shape index (κ1) is 37.0. The maximum absolute atomic E-state index is 12.9. The van der Waals surface area contributed by atoms with Crippen molar-refractivity contribution < 1.29 is 24.2 Å². The number of piperidine rings is 3. The minimum atomic E-state index is -0.286. The molecule has 268 valence electrons. The van der Waals surface area contributed by atoms with Crippen LogP contribution in [0.5, 0.6) is 5.75 Å². The fraction of sp³-hybridized carbons (Fsp3) is 0.605. The monoisotopic (exact) mass is 739 g/mol. The van der Waals surface area contributed by atoms with Gasteiger partial charge in [-0.05, 0) is 115 Å². The van der Waals surface area contributed by atoms with Crippen LogP contribution in [0.4, 0.5) is 15.3 Å². The fourth-order valence-corrected chi connectivity index (χ4v) is 8.03. The van der Waals surface area contributed by atoms with E-state index in [4.69, 9.17) is 4.74 Å². The van der Waals surface area contributed by atoms with E-state index in [-0.39, 0.29) is 35.7 Å². The van der Waals surface area contributed by atoms with Gasteiger partial charge in [-0.1, -0.05) is 45.0 Å². The molecule has 0 saturated carbocycles. The number of nitrogens with zero attached hydrogens (tertiary/aromatic N) is 4. The van der Waals surface area contributed by atoms with Crippen molar-refractivity contribution in [1.29, 1.82) is 0 Å². The van der Waals surface area contributed by atoms with Crippen LogP contribution >= 0.6 is 15.9 Å². The van der Waals surface area contributed by atoms with Gasteiger partial charge in [-0.2, -0.15) is 0 Å². The van der Waals surface area contributed by atoms with E-state index in [1.165, 1.54) is 38.6 Å². The number of carbonyl (C=O) groups excluding carboxylic acids is 3. The van der Waals surface area contributed by atoms with Crippen molar-refractivity contribution in [1.82, 2.24) is 19.6 Å². The van der Waals surface area contributed by atoms with Crippen LogP contribution in [-0.4, -0.2) is 108 Å². The van der Waals surface area contributed by atoms with E-state index in [0.29, 0.717) is 42.0 Å². The lowest BCUT2D eigenvalue weighted by atomic mass is 9.82. The molecule has 0 radical (unpaired) electrons. The molecule has 11 heteroatoms. The molecule has 49 heavy (non-hydrogen) atoms. The number of methoxy groups -OCH3 is 1.